The van der Waals surface area contributed by atoms with Gasteiger partial charge in [-0.05, 0) is 31.0 Å². The van der Waals surface area contributed by atoms with Gasteiger partial charge in [-0.2, -0.15) is 5.26 Å². The van der Waals surface area contributed by atoms with Gasteiger partial charge < -0.3 is 10.2 Å². The summed E-state index contributed by atoms with van der Waals surface area (Å²) in [5, 5.41) is 11.9. The molecular weight excluding hydrogens is 245 g/mol. The van der Waals surface area contributed by atoms with Crippen molar-refractivity contribution in [1.82, 2.24) is 4.90 Å². The van der Waals surface area contributed by atoms with Gasteiger partial charge in [-0.25, -0.2) is 4.39 Å². The average Bonchev–Trinajstić information content (AvgIpc) is 2.92. The molecule has 1 N–H and O–H groups in total. The van der Waals surface area contributed by atoms with E-state index in [2.05, 4.69) is 5.32 Å². The number of hydrogen-bond donors (Lipinski definition) is 1. The van der Waals surface area contributed by atoms with Crippen molar-refractivity contribution in [3.8, 4) is 6.07 Å². The Kier molecular flexibility index (Phi) is 4.35. The average molecular weight is 261 g/mol. The van der Waals surface area contributed by atoms with Crippen LogP contribution in [0, 0.1) is 17.1 Å². The summed E-state index contributed by atoms with van der Waals surface area (Å²) >= 11 is 0. The summed E-state index contributed by atoms with van der Waals surface area (Å²) < 4.78 is 13.0. The van der Waals surface area contributed by atoms with Crippen LogP contribution in [0.3, 0.4) is 0 Å². The molecule has 1 aliphatic rings. The van der Waals surface area contributed by atoms with Crippen molar-refractivity contribution in [3.63, 3.8) is 0 Å². The van der Waals surface area contributed by atoms with E-state index in [0.29, 0.717) is 5.69 Å². The Morgan fingerprint density at radius 1 is 1.47 bits per heavy atom. The lowest BCUT2D eigenvalue weighted by Gasteiger charge is -2.18. The van der Waals surface area contributed by atoms with Crippen LogP contribution in [-0.2, 0) is 4.79 Å². The molecule has 1 saturated heterocycles. The molecule has 2 rings (SSSR count). The summed E-state index contributed by atoms with van der Waals surface area (Å²) in [7, 11) is 0. The van der Waals surface area contributed by atoms with E-state index in [0.717, 1.165) is 25.9 Å². The summed E-state index contributed by atoms with van der Waals surface area (Å²) in [5.41, 5.74) is 0.515. The predicted octanol–water partition coefficient (Wildman–Crippen LogP) is 2.14. The maximum absolute atomic E-state index is 13.0. The molecule has 1 heterocycles. The van der Waals surface area contributed by atoms with Crippen molar-refractivity contribution >= 4 is 11.6 Å². The minimum atomic E-state index is -0.630. The van der Waals surface area contributed by atoms with Crippen LogP contribution in [0.1, 0.15) is 19.3 Å². The summed E-state index contributed by atoms with van der Waals surface area (Å²) in [6.45, 7) is 1.55. The van der Waals surface area contributed by atoms with Gasteiger partial charge in [-0.15, -0.1) is 0 Å². The lowest BCUT2D eigenvalue weighted by atomic mass is 10.2. The normalized spacial score (nSPS) is 15.9. The minimum absolute atomic E-state index is 0.0204. The third kappa shape index (κ3) is 3.68. The maximum Gasteiger partial charge on any atom is 0.225 e. The number of nitrogens with zero attached hydrogens (tertiary/aromatic N) is 2. The highest BCUT2D eigenvalue weighted by Gasteiger charge is 2.21. The molecule has 0 radical (unpaired) electrons. The Bertz CT molecular complexity index is 492. The van der Waals surface area contributed by atoms with Crippen LogP contribution in [0.4, 0.5) is 10.1 Å². The van der Waals surface area contributed by atoms with Crippen LogP contribution in [-0.4, -0.2) is 29.9 Å². The number of carbonyl (C=O) groups is 1. The molecule has 1 fully saturated rings. The number of likely N-dealkylation sites (tertiary alicyclic amines) is 1. The van der Waals surface area contributed by atoms with Crippen LogP contribution in [0.25, 0.3) is 0 Å². The first kappa shape index (κ1) is 13.3. The Labute approximate surface area is 111 Å². The molecule has 0 bridgehead atoms. The smallest absolute Gasteiger partial charge is 0.225 e. The number of anilines is 1. The fourth-order valence-corrected chi connectivity index (χ4v) is 2.18. The number of amides is 1. The van der Waals surface area contributed by atoms with E-state index in [4.69, 9.17) is 5.26 Å². The first-order chi connectivity index (χ1) is 9.19. The zero-order valence-electron chi connectivity index (χ0n) is 10.6. The Morgan fingerprint density at radius 3 is 2.84 bits per heavy atom. The van der Waals surface area contributed by atoms with E-state index in [-0.39, 0.29) is 18.1 Å². The van der Waals surface area contributed by atoms with Crippen molar-refractivity contribution in [2.75, 3.05) is 18.4 Å². The SMILES string of the molecule is N#CC(CC(=O)N1CCCC1)Nc1cccc(F)c1. The number of carbonyl (C=O) groups excluding carboxylic acids is 1. The summed E-state index contributed by atoms with van der Waals surface area (Å²) in [6, 6.07) is 7.30. The van der Waals surface area contributed by atoms with E-state index >= 15 is 0 Å². The molecular formula is C14H16FN3O. The van der Waals surface area contributed by atoms with E-state index in [1.807, 2.05) is 6.07 Å². The van der Waals surface area contributed by atoms with Gasteiger partial charge in [0.1, 0.15) is 11.9 Å². The molecule has 0 saturated carbocycles. The lowest BCUT2D eigenvalue weighted by Crippen LogP contribution is -2.32. The number of benzene rings is 1. The molecule has 0 aliphatic carbocycles. The standard InChI is InChI=1S/C14H16FN3O/c15-11-4-3-5-12(8-11)17-13(10-16)9-14(19)18-6-1-2-7-18/h3-5,8,13,17H,1-2,6-7,9H2. The zero-order valence-corrected chi connectivity index (χ0v) is 10.6. The van der Waals surface area contributed by atoms with E-state index in [1.54, 1.807) is 17.0 Å². The molecule has 1 aliphatic heterocycles. The van der Waals surface area contributed by atoms with Gasteiger partial charge in [0.05, 0.1) is 12.5 Å². The van der Waals surface area contributed by atoms with E-state index in [1.165, 1.54) is 12.1 Å². The van der Waals surface area contributed by atoms with Gasteiger partial charge in [0.2, 0.25) is 5.91 Å². The fourth-order valence-electron chi connectivity index (χ4n) is 2.18. The van der Waals surface area contributed by atoms with Gasteiger partial charge in [0.25, 0.3) is 0 Å². The number of nitriles is 1. The molecule has 1 atom stereocenters. The Hall–Kier alpha value is -2.09. The van der Waals surface area contributed by atoms with E-state index < -0.39 is 6.04 Å². The van der Waals surface area contributed by atoms with Crippen molar-refractivity contribution < 1.29 is 9.18 Å². The first-order valence-electron chi connectivity index (χ1n) is 6.38. The minimum Gasteiger partial charge on any atom is -0.369 e. The fraction of sp³-hybridized carbons (Fsp3) is 0.429. The van der Waals surface area contributed by atoms with Gasteiger partial charge in [-0.3, -0.25) is 4.79 Å². The second kappa shape index (κ2) is 6.19. The third-order valence-corrected chi connectivity index (χ3v) is 3.16. The maximum atomic E-state index is 13.0. The molecule has 0 aromatic heterocycles. The highest BCUT2D eigenvalue weighted by atomic mass is 19.1. The monoisotopic (exact) mass is 261 g/mol. The molecule has 0 spiro atoms. The van der Waals surface area contributed by atoms with Crippen LogP contribution in [0.5, 0.6) is 0 Å². The molecule has 1 aromatic rings. The zero-order chi connectivity index (χ0) is 13.7. The molecule has 4 nitrogen and oxygen atoms in total. The van der Waals surface area contributed by atoms with Gasteiger partial charge >= 0.3 is 0 Å². The van der Waals surface area contributed by atoms with Crippen molar-refractivity contribution in [3.05, 3.63) is 30.1 Å². The molecule has 1 aromatic carbocycles. The highest BCUT2D eigenvalue weighted by Crippen LogP contribution is 2.14. The number of nitrogens with one attached hydrogen (secondary N) is 1. The lowest BCUT2D eigenvalue weighted by molar-refractivity contribution is -0.130. The topological polar surface area (TPSA) is 56.1 Å². The molecule has 100 valence electrons. The van der Waals surface area contributed by atoms with Gasteiger partial charge in [0.15, 0.2) is 0 Å². The summed E-state index contributed by atoms with van der Waals surface area (Å²) in [4.78, 5) is 13.7. The highest BCUT2D eigenvalue weighted by molar-refractivity contribution is 5.78. The van der Waals surface area contributed by atoms with Crippen molar-refractivity contribution in [2.45, 2.75) is 25.3 Å². The molecule has 1 amide bonds. The Balaban J connectivity index is 1.93. The largest absolute Gasteiger partial charge is 0.369 e. The number of rotatable bonds is 4. The Morgan fingerprint density at radius 2 is 2.21 bits per heavy atom. The van der Waals surface area contributed by atoms with Crippen molar-refractivity contribution in [2.24, 2.45) is 0 Å². The van der Waals surface area contributed by atoms with Crippen LogP contribution >= 0.6 is 0 Å². The van der Waals surface area contributed by atoms with Crippen LogP contribution in [0.2, 0.25) is 0 Å². The molecule has 1 unspecified atom stereocenters. The molecule has 19 heavy (non-hydrogen) atoms. The third-order valence-electron chi connectivity index (χ3n) is 3.16. The first-order valence-corrected chi connectivity index (χ1v) is 6.38. The predicted molar refractivity (Wildman–Crippen MR) is 69.9 cm³/mol. The van der Waals surface area contributed by atoms with E-state index in [9.17, 15) is 9.18 Å². The summed E-state index contributed by atoms with van der Waals surface area (Å²) in [6.07, 6.45) is 2.17. The van der Waals surface area contributed by atoms with Gasteiger partial charge in [-0.1, -0.05) is 6.07 Å². The quantitative estimate of drug-likeness (QED) is 0.903. The van der Waals surface area contributed by atoms with Crippen LogP contribution < -0.4 is 5.32 Å². The second-order valence-electron chi connectivity index (χ2n) is 4.63. The molecule has 5 heteroatoms. The van der Waals surface area contributed by atoms with Crippen LogP contribution in [0.15, 0.2) is 24.3 Å². The number of hydrogen-bond acceptors (Lipinski definition) is 3. The van der Waals surface area contributed by atoms with Gasteiger partial charge in [0, 0.05) is 18.8 Å². The number of halogens is 1. The second-order valence-corrected chi connectivity index (χ2v) is 4.63. The van der Waals surface area contributed by atoms with Crippen molar-refractivity contribution in [1.29, 1.82) is 5.26 Å². The summed E-state index contributed by atoms with van der Waals surface area (Å²) in [5.74, 6) is -0.388.